The molecule has 0 radical (unpaired) electrons. The Morgan fingerprint density at radius 2 is 1.95 bits per heavy atom. The number of carbonyl (C=O) groups excluding carboxylic acids is 1. The zero-order valence-corrected chi connectivity index (χ0v) is 12.7. The molecule has 1 aromatic rings. The van der Waals surface area contributed by atoms with Gasteiger partial charge in [0.25, 0.3) is 0 Å². The lowest BCUT2D eigenvalue weighted by Gasteiger charge is -2.54. The zero-order chi connectivity index (χ0) is 15.0. The average Bonchev–Trinajstić information content (AvgIpc) is 2.25. The predicted octanol–water partition coefficient (Wildman–Crippen LogP) is 2.59. The smallest absolute Gasteiger partial charge is 0.322 e. The maximum atomic E-state index is 12.7. The van der Waals surface area contributed by atoms with E-state index in [2.05, 4.69) is 38.0 Å². The van der Waals surface area contributed by atoms with Crippen LogP contribution in [0.4, 0.5) is 10.5 Å². The number of aromatic nitrogens is 1. The van der Waals surface area contributed by atoms with Gasteiger partial charge in [-0.2, -0.15) is 0 Å². The van der Waals surface area contributed by atoms with Crippen molar-refractivity contribution in [2.45, 2.75) is 57.7 Å². The van der Waals surface area contributed by atoms with E-state index >= 15 is 0 Å². The highest BCUT2D eigenvalue weighted by molar-refractivity contribution is 5.90. The van der Waals surface area contributed by atoms with Crippen LogP contribution in [0.25, 0.3) is 0 Å². The highest BCUT2D eigenvalue weighted by Gasteiger charge is 2.46. The summed E-state index contributed by atoms with van der Waals surface area (Å²) in [6.45, 7) is 8.26. The summed E-state index contributed by atoms with van der Waals surface area (Å²) in [5, 5.41) is 2.92. The number of hydrogen-bond donors (Lipinski definition) is 2. The molecule has 1 aliphatic rings. The van der Waals surface area contributed by atoms with E-state index in [9.17, 15) is 4.79 Å². The van der Waals surface area contributed by atoms with Gasteiger partial charge >= 0.3 is 6.03 Å². The fraction of sp³-hybridized carbons (Fsp3) is 0.600. The topological polar surface area (TPSA) is 71.2 Å². The second-order valence-corrected chi connectivity index (χ2v) is 6.80. The Hall–Kier alpha value is -1.62. The second-order valence-electron chi connectivity index (χ2n) is 6.80. The molecule has 2 heterocycles. The lowest BCUT2D eigenvalue weighted by molar-refractivity contribution is 0.00876. The highest BCUT2D eigenvalue weighted by Crippen LogP contribution is 2.38. The number of nitrogens with one attached hydrogen (secondary N) is 1. The number of nitrogens with two attached hydrogens (primary N) is 1. The van der Waals surface area contributed by atoms with E-state index < -0.39 is 0 Å². The maximum Gasteiger partial charge on any atom is 0.322 e. The van der Waals surface area contributed by atoms with E-state index in [0.717, 1.165) is 12.8 Å². The van der Waals surface area contributed by atoms with Crippen LogP contribution in [0.2, 0.25) is 0 Å². The van der Waals surface area contributed by atoms with Crippen LogP contribution in [-0.4, -0.2) is 33.0 Å². The van der Waals surface area contributed by atoms with Crippen molar-refractivity contribution in [1.82, 2.24) is 9.88 Å². The van der Waals surface area contributed by atoms with Crippen LogP contribution in [0.15, 0.2) is 24.5 Å². The SMILES string of the molecule is CC1(C)CC(N)CC(C)(C)N1C(=O)Nc1cccnc1. The van der Waals surface area contributed by atoms with Gasteiger partial charge in [0.15, 0.2) is 0 Å². The van der Waals surface area contributed by atoms with Crippen molar-refractivity contribution >= 4 is 11.7 Å². The third-order valence-electron chi connectivity index (χ3n) is 3.85. The number of carbonyl (C=O) groups is 1. The summed E-state index contributed by atoms with van der Waals surface area (Å²) < 4.78 is 0. The summed E-state index contributed by atoms with van der Waals surface area (Å²) in [5.74, 6) is 0. The third-order valence-corrected chi connectivity index (χ3v) is 3.85. The number of amides is 2. The molecule has 110 valence electrons. The summed E-state index contributed by atoms with van der Waals surface area (Å²) in [6, 6.07) is 3.67. The quantitative estimate of drug-likeness (QED) is 0.828. The third kappa shape index (κ3) is 2.93. The van der Waals surface area contributed by atoms with E-state index in [4.69, 9.17) is 5.73 Å². The molecule has 0 aliphatic carbocycles. The number of pyridine rings is 1. The minimum atomic E-state index is -0.270. The number of rotatable bonds is 1. The molecule has 20 heavy (non-hydrogen) atoms. The first-order chi connectivity index (χ1) is 9.22. The monoisotopic (exact) mass is 276 g/mol. The Morgan fingerprint density at radius 3 is 2.45 bits per heavy atom. The molecule has 3 N–H and O–H groups in total. The van der Waals surface area contributed by atoms with Gasteiger partial charge in [0, 0.05) is 23.3 Å². The Balaban J connectivity index is 2.22. The molecule has 0 saturated carbocycles. The molecule has 1 saturated heterocycles. The van der Waals surface area contributed by atoms with Crippen molar-refractivity contribution in [2.75, 3.05) is 5.32 Å². The number of piperidine rings is 1. The van der Waals surface area contributed by atoms with Crippen LogP contribution in [-0.2, 0) is 0 Å². The first-order valence-electron chi connectivity index (χ1n) is 6.99. The molecule has 1 aliphatic heterocycles. The van der Waals surface area contributed by atoms with Crippen LogP contribution in [0.5, 0.6) is 0 Å². The molecule has 0 unspecified atom stereocenters. The van der Waals surface area contributed by atoms with Gasteiger partial charge in [-0.1, -0.05) is 0 Å². The molecule has 0 aromatic carbocycles. The van der Waals surface area contributed by atoms with E-state index in [-0.39, 0.29) is 23.2 Å². The molecule has 5 nitrogen and oxygen atoms in total. The molecule has 2 amide bonds. The molecule has 1 fully saturated rings. The van der Waals surface area contributed by atoms with Gasteiger partial charge in [0.2, 0.25) is 0 Å². The predicted molar refractivity (Wildman–Crippen MR) is 80.5 cm³/mol. The second kappa shape index (κ2) is 5.05. The normalized spacial score (nSPS) is 21.6. The van der Waals surface area contributed by atoms with Crippen molar-refractivity contribution in [1.29, 1.82) is 0 Å². The van der Waals surface area contributed by atoms with Crippen molar-refractivity contribution in [3.8, 4) is 0 Å². The molecule has 1 aromatic heterocycles. The molecule has 5 heteroatoms. The first-order valence-corrected chi connectivity index (χ1v) is 6.99. The Kier molecular flexibility index (Phi) is 3.73. The number of urea groups is 1. The van der Waals surface area contributed by atoms with Gasteiger partial charge < -0.3 is 16.0 Å². The Labute approximate surface area is 120 Å². The van der Waals surface area contributed by atoms with Crippen LogP contribution in [0.3, 0.4) is 0 Å². The van der Waals surface area contributed by atoms with Crippen molar-refractivity contribution in [2.24, 2.45) is 5.73 Å². The van der Waals surface area contributed by atoms with Crippen molar-refractivity contribution in [3.63, 3.8) is 0 Å². The fourth-order valence-corrected chi connectivity index (χ4v) is 3.52. The van der Waals surface area contributed by atoms with E-state index in [1.807, 2.05) is 11.0 Å². The zero-order valence-electron chi connectivity index (χ0n) is 12.7. The molecule has 0 atom stereocenters. The average molecular weight is 276 g/mol. The first kappa shape index (κ1) is 14.8. The summed E-state index contributed by atoms with van der Waals surface area (Å²) in [6.07, 6.45) is 4.94. The summed E-state index contributed by atoms with van der Waals surface area (Å²) in [4.78, 5) is 18.6. The number of nitrogens with zero attached hydrogens (tertiary/aromatic N) is 2. The molecular weight excluding hydrogens is 252 g/mol. The van der Waals surface area contributed by atoms with Gasteiger partial charge in [-0.25, -0.2) is 4.79 Å². The number of anilines is 1. The lowest BCUT2D eigenvalue weighted by atomic mass is 9.77. The Morgan fingerprint density at radius 1 is 1.35 bits per heavy atom. The maximum absolute atomic E-state index is 12.7. The Bertz CT molecular complexity index is 466. The van der Waals surface area contributed by atoms with E-state index in [1.165, 1.54) is 0 Å². The largest absolute Gasteiger partial charge is 0.328 e. The fourth-order valence-electron chi connectivity index (χ4n) is 3.52. The van der Waals surface area contributed by atoms with Crippen LogP contribution < -0.4 is 11.1 Å². The lowest BCUT2D eigenvalue weighted by Crippen LogP contribution is -2.66. The minimum Gasteiger partial charge on any atom is -0.328 e. The molecule has 0 bridgehead atoms. The van der Waals surface area contributed by atoms with Crippen LogP contribution >= 0.6 is 0 Å². The van der Waals surface area contributed by atoms with Gasteiger partial charge in [-0.05, 0) is 52.7 Å². The highest BCUT2D eigenvalue weighted by atomic mass is 16.2. The van der Waals surface area contributed by atoms with Gasteiger partial charge in [-0.15, -0.1) is 0 Å². The molecule has 0 spiro atoms. The molecular formula is C15H24N4O. The van der Waals surface area contributed by atoms with E-state index in [1.54, 1.807) is 18.5 Å². The van der Waals surface area contributed by atoms with Crippen LogP contribution in [0.1, 0.15) is 40.5 Å². The van der Waals surface area contributed by atoms with Crippen molar-refractivity contribution in [3.05, 3.63) is 24.5 Å². The standard InChI is InChI=1S/C15H24N4O/c1-14(2)8-11(16)9-15(3,4)19(14)13(20)18-12-6-5-7-17-10-12/h5-7,10-11H,8-9,16H2,1-4H3,(H,18,20). The summed E-state index contributed by atoms with van der Waals surface area (Å²) >= 11 is 0. The van der Waals surface area contributed by atoms with Gasteiger partial charge in [0.1, 0.15) is 0 Å². The van der Waals surface area contributed by atoms with Gasteiger partial charge in [-0.3, -0.25) is 4.98 Å². The summed E-state index contributed by atoms with van der Waals surface area (Å²) in [7, 11) is 0. The minimum absolute atomic E-state index is 0.0973. The number of likely N-dealkylation sites (tertiary alicyclic amines) is 1. The van der Waals surface area contributed by atoms with Gasteiger partial charge in [0.05, 0.1) is 11.9 Å². The van der Waals surface area contributed by atoms with E-state index in [0.29, 0.717) is 5.69 Å². The molecule has 2 rings (SSSR count). The summed E-state index contributed by atoms with van der Waals surface area (Å²) in [5.41, 5.74) is 6.30. The number of hydrogen-bond acceptors (Lipinski definition) is 3. The van der Waals surface area contributed by atoms with Crippen molar-refractivity contribution < 1.29 is 4.79 Å². The van der Waals surface area contributed by atoms with Crippen LogP contribution in [0, 0.1) is 0 Å².